The molecule has 7 nitrogen and oxygen atoms in total. The molecule has 2 rings (SSSR count). The first-order chi connectivity index (χ1) is 10.8. The fraction of sp³-hybridized carbons (Fsp3) is 0.800. The van der Waals surface area contributed by atoms with E-state index in [4.69, 9.17) is 4.74 Å². The molecule has 0 fully saturated rings. The van der Waals surface area contributed by atoms with Gasteiger partial charge in [-0.05, 0) is 26.2 Å². The summed E-state index contributed by atoms with van der Waals surface area (Å²) >= 11 is 0. The Kier molecular flexibility index (Phi) is 7.15. The second kappa shape index (κ2) is 9.40. The third-order valence-electron chi connectivity index (χ3n) is 3.73. The van der Waals surface area contributed by atoms with Crippen LogP contribution < -0.4 is 10.6 Å². The van der Waals surface area contributed by atoms with Crippen LogP contribution in [0.4, 0.5) is 0 Å². The fourth-order valence-corrected chi connectivity index (χ4v) is 2.58. The maximum absolute atomic E-state index is 5.05. The number of aromatic nitrogens is 3. The van der Waals surface area contributed by atoms with E-state index in [2.05, 4.69) is 37.3 Å². The number of hydrogen-bond acceptors (Lipinski definition) is 4. The second-order valence-electron chi connectivity index (χ2n) is 5.46. The maximum atomic E-state index is 5.05. The van der Waals surface area contributed by atoms with Crippen LogP contribution >= 0.6 is 0 Å². The van der Waals surface area contributed by atoms with Crippen LogP contribution in [0.15, 0.2) is 4.99 Å². The van der Waals surface area contributed by atoms with E-state index in [0.29, 0.717) is 6.54 Å². The molecule has 1 aliphatic rings. The van der Waals surface area contributed by atoms with Gasteiger partial charge in [-0.3, -0.25) is 0 Å². The molecule has 7 heteroatoms. The zero-order chi connectivity index (χ0) is 15.6. The van der Waals surface area contributed by atoms with Crippen molar-refractivity contribution in [2.45, 2.75) is 52.1 Å². The van der Waals surface area contributed by atoms with Gasteiger partial charge in [-0.15, -0.1) is 10.2 Å². The fourth-order valence-electron chi connectivity index (χ4n) is 2.58. The summed E-state index contributed by atoms with van der Waals surface area (Å²) in [4.78, 5) is 4.62. The largest absolute Gasteiger partial charge is 0.385 e. The van der Waals surface area contributed by atoms with Crippen LogP contribution in [0.1, 0.15) is 44.3 Å². The van der Waals surface area contributed by atoms with E-state index in [-0.39, 0.29) is 0 Å². The molecule has 1 aromatic heterocycles. The molecule has 0 unspecified atom stereocenters. The van der Waals surface area contributed by atoms with Gasteiger partial charge in [0.25, 0.3) is 0 Å². The van der Waals surface area contributed by atoms with Crippen LogP contribution in [0.25, 0.3) is 0 Å². The van der Waals surface area contributed by atoms with E-state index in [0.717, 1.165) is 56.7 Å². The molecule has 0 aliphatic carbocycles. The van der Waals surface area contributed by atoms with Crippen molar-refractivity contribution in [1.29, 1.82) is 0 Å². The molecule has 124 valence electrons. The molecule has 0 amide bonds. The highest BCUT2D eigenvalue weighted by molar-refractivity contribution is 5.79. The normalized spacial score (nSPS) is 15.3. The van der Waals surface area contributed by atoms with Gasteiger partial charge in [-0.2, -0.15) is 0 Å². The number of rotatable bonds is 7. The summed E-state index contributed by atoms with van der Waals surface area (Å²) in [6, 6.07) is 0. The molecular weight excluding hydrogens is 280 g/mol. The number of methoxy groups -OCH3 is 1. The number of hydrogen-bond donors (Lipinski definition) is 2. The van der Waals surface area contributed by atoms with Crippen LogP contribution in [0, 0.1) is 0 Å². The van der Waals surface area contributed by atoms with E-state index in [9.17, 15) is 0 Å². The van der Waals surface area contributed by atoms with E-state index in [1.165, 1.54) is 19.3 Å². The number of nitrogens with zero attached hydrogens (tertiary/aromatic N) is 4. The molecule has 0 radical (unpaired) electrons. The summed E-state index contributed by atoms with van der Waals surface area (Å²) in [7, 11) is 1.72. The number of fused-ring (bicyclic) bond motifs is 1. The molecule has 1 aliphatic heterocycles. The summed E-state index contributed by atoms with van der Waals surface area (Å²) < 4.78 is 7.30. The van der Waals surface area contributed by atoms with Gasteiger partial charge in [-0.1, -0.05) is 6.42 Å². The third kappa shape index (κ3) is 4.98. The molecule has 0 atom stereocenters. The molecule has 0 bridgehead atoms. The molecular formula is C15H28N6O. The minimum absolute atomic E-state index is 0.562. The maximum Gasteiger partial charge on any atom is 0.191 e. The Bertz CT molecular complexity index is 471. The van der Waals surface area contributed by atoms with Crippen molar-refractivity contribution in [3.8, 4) is 0 Å². The predicted octanol–water partition coefficient (Wildman–Crippen LogP) is 1.10. The zero-order valence-corrected chi connectivity index (χ0v) is 13.8. The Morgan fingerprint density at radius 1 is 1.27 bits per heavy atom. The van der Waals surface area contributed by atoms with Crippen molar-refractivity contribution in [3.05, 3.63) is 11.6 Å². The van der Waals surface area contributed by atoms with Crippen molar-refractivity contribution >= 4 is 5.96 Å². The van der Waals surface area contributed by atoms with Crippen LogP contribution in [0.3, 0.4) is 0 Å². The number of aliphatic imine (C=N–C) groups is 1. The lowest BCUT2D eigenvalue weighted by atomic mass is 10.2. The first-order valence-electron chi connectivity index (χ1n) is 8.27. The first kappa shape index (κ1) is 16.7. The van der Waals surface area contributed by atoms with Gasteiger partial charge >= 0.3 is 0 Å². The standard InChI is InChI=1S/C15H28N6O/c1-3-16-15(17-9-7-11-22-2)18-12-14-20-19-13-8-5-4-6-10-21(13)14/h3-12H2,1-2H3,(H2,16,17,18). The molecule has 0 saturated heterocycles. The van der Waals surface area contributed by atoms with Gasteiger partial charge in [0.1, 0.15) is 12.4 Å². The smallest absolute Gasteiger partial charge is 0.191 e. The zero-order valence-electron chi connectivity index (χ0n) is 13.8. The van der Waals surface area contributed by atoms with Crippen LogP contribution in [-0.4, -0.2) is 47.5 Å². The lowest BCUT2D eigenvalue weighted by molar-refractivity contribution is 0.195. The van der Waals surface area contributed by atoms with Crippen LogP contribution in [-0.2, 0) is 24.2 Å². The van der Waals surface area contributed by atoms with Gasteiger partial charge in [0, 0.05) is 39.8 Å². The molecule has 2 N–H and O–H groups in total. The van der Waals surface area contributed by atoms with E-state index >= 15 is 0 Å². The minimum atomic E-state index is 0.562. The lowest BCUT2D eigenvalue weighted by Gasteiger charge is -2.11. The molecule has 22 heavy (non-hydrogen) atoms. The lowest BCUT2D eigenvalue weighted by Crippen LogP contribution is -2.38. The Labute approximate surface area is 132 Å². The number of ether oxygens (including phenoxy) is 1. The van der Waals surface area contributed by atoms with Crippen molar-refractivity contribution < 1.29 is 4.74 Å². The quantitative estimate of drug-likeness (QED) is 0.448. The van der Waals surface area contributed by atoms with Crippen molar-refractivity contribution in [3.63, 3.8) is 0 Å². The van der Waals surface area contributed by atoms with E-state index < -0.39 is 0 Å². The Balaban J connectivity index is 1.93. The Morgan fingerprint density at radius 2 is 2.18 bits per heavy atom. The number of aryl methyl sites for hydroxylation is 1. The summed E-state index contributed by atoms with van der Waals surface area (Å²) in [5.41, 5.74) is 0. The summed E-state index contributed by atoms with van der Waals surface area (Å²) in [6.07, 6.45) is 5.69. The van der Waals surface area contributed by atoms with Crippen LogP contribution in [0.5, 0.6) is 0 Å². The highest BCUT2D eigenvalue weighted by Gasteiger charge is 2.14. The van der Waals surface area contributed by atoms with E-state index in [1.54, 1.807) is 7.11 Å². The number of guanidine groups is 1. The van der Waals surface area contributed by atoms with Gasteiger partial charge in [0.05, 0.1) is 0 Å². The highest BCUT2D eigenvalue weighted by Crippen LogP contribution is 2.14. The SMILES string of the molecule is CCNC(=NCc1nnc2n1CCCCC2)NCCCOC. The Morgan fingerprint density at radius 3 is 3.00 bits per heavy atom. The van der Waals surface area contributed by atoms with Crippen molar-refractivity contribution in [1.82, 2.24) is 25.4 Å². The third-order valence-corrected chi connectivity index (χ3v) is 3.73. The summed E-state index contributed by atoms with van der Waals surface area (Å²) in [6.45, 7) is 6.09. The summed E-state index contributed by atoms with van der Waals surface area (Å²) in [5.74, 6) is 2.90. The van der Waals surface area contributed by atoms with Gasteiger partial charge in [-0.25, -0.2) is 4.99 Å². The summed E-state index contributed by atoms with van der Waals surface area (Å²) in [5, 5.41) is 15.2. The highest BCUT2D eigenvalue weighted by atomic mass is 16.5. The molecule has 0 saturated carbocycles. The predicted molar refractivity (Wildman–Crippen MR) is 86.9 cm³/mol. The van der Waals surface area contributed by atoms with Crippen molar-refractivity contribution in [2.24, 2.45) is 4.99 Å². The molecule has 0 spiro atoms. The Hall–Kier alpha value is -1.63. The van der Waals surface area contributed by atoms with Gasteiger partial charge in [0.2, 0.25) is 0 Å². The molecule has 1 aromatic rings. The van der Waals surface area contributed by atoms with Gasteiger partial charge in [0.15, 0.2) is 11.8 Å². The van der Waals surface area contributed by atoms with Gasteiger partial charge < -0.3 is 19.9 Å². The number of nitrogens with one attached hydrogen (secondary N) is 2. The minimum Gasteiger partial charge on any atom is -0.385 e. The molecule has 2 heterocycles. The topological polar surface area (TPSA) is 76.4 Å². The average molecular weight is 308 g/mol. The monoisotopic (exact) mass is 308 g/mol. The van der Waals surface area contributed by atoms with E-state index in [1.807, 2.05) is 0 Å². The first-order valence-corrected chi connectivity index (χ1v) is 8.27. The average Bonchev–Trinajstić information content (AvgIpc) is 2.76. The van der Waals surface area contributed by atoms with Crippen molar-refractivity contribution in [2.75, 3.05) is 26.8 Å². The second-order valence-corrected chi connectivity index (χ2v) is 5.46. The molecule has 0 aromatic carbocycles. The van der Waals surface area contributed by atoms with Crippen LogP contribution in [0.2, 0.25) is 0 Å².